The van der Waals surface area contributed by atoms with Gasteiger partial charge in [0.15, 0.2) is 5.96 Å². The summed E-state index contributed by atoms with van der Waals surface area (Å²) in [6.07, 6.45) is 2.12. The van der Waals surface area contributed by atoms with Gasteiger partial charge in [-0.1, -0.05) is 12.1 Å². The summed E-state index contributed by atoms with van der Waals surface area (Å²) in [5.41, 5.74) is 2.69. The smallest absolute Gasteiger partial charge is 0.190 e. The van der Waals surface area contributed by atoms with E-state index in [1.807, 2.05) is 7.05 Å². The van der Waals surface area contributed by atoms with Gasteiger partial charge in [0.1, 0.15) is 0 Å². The lowest BCUT2D eigenvalue weighted by Crippen LogP contribution is -2.47. The third-order valence-electron chi connectivity index (χ3n) is 4.72. The minimum absolute atomic E-state index is 0.776. The zero-order valence-corrected chi connectivity index (χ0v) is 16.6. The molecule has 0 unspecified atom stereocenters. The Bertz CT molecular complexity index is 541. The third kappa shape index (κ3) is 7.22. The van der Waals surface area contributed by atoms with Gasteiger partial charge in [0.05, 0.1) is 0 Å². The van der Waals surface area contributed by atoms with Gasteiger partial charge in [-0.05, 0) is 44.0 Å². The summed E-state index contributed by atoms with van der Waals surface area (Å²) in [7, 11) is 3.55. The molecule has 1 fully saturated rings. The second kappa shape index (κ2) is 11.8. The summed E-state index contributed by atoms with van der Waals surface area (Å²) in [6, 6.07) is 8.81. The van der Waals surface area contributed by atoms with E-state index in [1.165, 1.54) is 11.3 Å². The van der Waals surface area contributed by atoms with E-state index in [9.17, 15) is 0 Å². The summed E-state index contributed by atoms with van der Waals surface area (Å²) >= 11 is 0. The number of methoxy groups -OCH3 is 1. The molecule has 6 nitrogen and oxygen atoms in total. The van der Waals surface area contributed by atoms with E-state index >= 15 is 0 Å². The summed E-state index contributed by atoms with van der Waals surface area (Å²) < 4.78 is 5.06. The van der Waals surface area contributed by atoms with E-state index in [0.29, 0.717) is 0 Å². The van der Waals surface area contributed by atoms with Crippen molar-refractivity contribution in [2.24, 2.45) is 4.99 Å². The molecule has 0 bridgehead atoms. The predicted octanol–water partition coefficient (Wildman–Crippen LogP) is 1.71. The van der Waals surface area contributed by atoms with Crippen LogP contribution in [0.25, 0.3) is 0 Å². The van der Waals surface area contributed by atoms with Crippen LogP contribution < -0.4 is 15.5 Å². The van der Waals surface area contributed by atoms with Gasteiger partial charge in [-0.25, -0.2) is 0 Å². The quantitative estimate of drug-likeness (QED) is 0.398. The molecular formula is C20H35N5O. The molecular weight excluding hydrogens is 326 g/mol. The Morgan fingerprint density at radius 1 is 1.12 bits per heavy atom. The van der Waals surface area contributed by atoms with Crippen LogP contribution in [0.3, 0.4) is 0 Å². The van der Waals surface area contributed by atoms with Gasteiger partial charge in [0, 0.05) is 65.7 Å². The van der Waals surface area contributed by atoms with Crippen LogP contribution in [0.1, 0.15) is 18.4 Å². The highest BCUT2D eigenvalue weighted by Crippen LogP contribution is 2.17. The predicted molar refractivity (Wildman–Crippen MR) is 110 cm³/mol. The molecule has 26 heavy (non-hydrogen) atoms. The van der Waals surface area contributed by atoms with E-state index in [2.05, 4.69) is 56.6 Å². The van der Waals surface area contributed by atoms with Crippen LogP contribution in [0.15, 0.2) is 29.3 Å². The number of hydrogen-bond acceptors (Lipinski definition) is 4. The third-order valence-corrected chi connectivity index (χ3v) is 4.72. The summed E-state index contributed by atoms with van der Waals surface area (Å²) in [6.45, 7) is 10.4. The van der Waals surface area contributed by atoms with Crippen LogP contribution in [0.4, 0.5) is 5.69 Å². The Morgan fingerprint density at radius 3 is 2.50 bits per heavy atom. The van der Waals surface area contributed by atoms with E-state index in [-0.39, 0.29) is 0 Å². The topological polar surface area (TPSA) is 52.1 Å². The fourth-order valence-corrected chi connectivity index (χ4v) is 3.21. The molecule has 0 atom stereocenters. The average Bonchev–Trinajstić information content (AvgIpc) is 2.67. The van der Waals surface area contributed by atoms with Crippen LogP contribution in [0.2, 0.25) is 0 Å². The van der Waals surface area contributed by atoms with Crippen LogP contribution in [0, 0.1) is 6.92 Å². The highest BCUT2D eigenvalue weighted by molar-refractivity contribution is 5.79. The number of rotatable bonds is 9. The molecule has 1 heterocycles. The Kier molecular flexibility index (Phi) is 9.28. The average molecular weight is 362 g/mol. The Morgan fingerprint density at radius 2 is 1.85 bits per heavy atom. The second-order valence-electron chi connectivity index (χ2n) is 6.79. The molecule has 1 aliphatic heterocycles. The van der Waals surface area contributed by atoms with Crippen LogP contribution in [0.5, 0.6) is 0 Å². The van der Waals surface area contributed by atoms with Crippen LogP contribution >= 0.6 is 0 Å². The second-order valence-corrected chi connectivity index (χ2v) is 6.79. The van der Waals surface area contributed by atoms with Gasteiger partial charge >= 0.3 is 0 Å². The lowest BCUT2D eigenvalue weighted by atomic mass is 10.2. The fourth-order valence-electron chi connectivity index (χ4n) is 3.21. The maximum absolute atomic E-state index is 5.06. The monoisotopic (exact) mass is 361 g/mol. The van der Waals surface area contributed by atoms with Crippen molar-refractivity contribution in [3.05, 3.63) is 29.8 Å². The zero-order chi connectivity index (χ0) is 18.6. The van der Waals surface area contributed by atoms with Crippen molar-refractivity contribution < 1.29 is 4.74 Å². The van der Waals surface area contributed by atoms with Crippen molar-refractivity contribution in [3.63, 3.8) is 0 Å². The molecule has 1 aromatic carbocycles. The SMILES string of the molecule is CN=C(NCCCOC)NCCCN1CCN(c2cccc(C)c2)CC1. The first-order chi connectivity index (χ1) is 12.7. The van der Waals surface area contributed by atoms with E-state index in [1.54, 1.807) is 7.11 Å². The van der Waals surface area contributed by atoms with Crippen LogP contribution in [-0.4, -0.2) is 77.4 Å². The number of ether oxygens (including phenoxy) is 1. The minimum Gasteiger partial charge on any atom is -0.385 e. The Labute approximate surface area is 158 Å². The van der Waals surface area contributed by atoms with Gasteiger partial charge in [-0.3, -0.25) is 9.89 Å². The number of hydrogen-bond donors (Lipinski definition) is 2. The first-order valence-electron chi connectivity index (χ1n) is 9.70. The first-order valence-corrected chi connectivity index (χ1v) is 9.70. The molecule has 0 aromatic heterocycles. The number of guanidine groups is 1. The van der Waals surface area contributed by atoms with Crippen molar-refractivity contribution in [2.75, 3.05) is 71.5 Å². The molecule has 0 amide bonds. The number of benzene rings is 1. The Balaban J connectivity index is 1.58. The summed E-state index contributed by atoms with van der Waals surface area (Å²) in [4.78, 5) is 9.31. The molecule has 0 radical (unpaired) electrons. The molecule has 0 saturated carbocycles. The highest BCUT2D eigenvalue weighted by atomic mass is 16.5. The minimum atomic E-state index is 0.776. The fraction of sp³-hybridized carbons (Fsp3) is 0.650. The van der Waals surface area contributed by atoms with Gasteiger partial charge in [-0.15, -0.1) is 0 Å². The van der Waals surface area contributed by atoms with Crippen LogP contribution in [-0.2, 0) is 4.74 Å². The van der Waals surface area contributed by atoms with Crippen molar-refractivity contribution in [1.82, 2.24) is 15.5 Å². The maximum Gasteiger partial charge on any atom is 0.190 e. The van der Waals surface area contributed by atoms with Crippen molar-refractivity contribution in [3.8, 4) is 0 Å². The normalized spacial score (nSPS) is 16.0. The number of nitrogens with one attached hydrogen (secondary N) is 2. The molecule has 0 aliphatic carbocycles. The standard InChI is InChI=1S/C20H35N5O/c1-18-7-4-8-19(17-18)25-14-12-24(13-15-25)11-5-9-22-20(21-2)23-10-6-16-26-3/h4,7-8,17H,5-6,9-16H2,1-3H3,(H2,21,22,23). The van der Waals surface area contributed by atoms with Crippen molar-refractivity contribution in [2.45, 2.75) is 19.8 Å². The largest absolute Gasteiger partial charge is 0.385 e. The number of aliphatic imine (C=N–C) groups is 1. The number of nitrogens with zero attached hydrogens (tertiary/aromatic N) is 3. The van der Waals surface area contributed by atoms with Crippen molar-refractivity contribution >= 4 is 11.6 Å². The molecule has 146 valence electrons. The van der Waals surface area contributed by atoms with Gasteiger partial charge in [0.2, 0.25) is 0 Å². The first kappa shape index (κ1) is 20.5. The molecule has 0 spiro atoms. The van der Waals surface area contributed by atoms with Crippen molar-refractivity contribution in [1.29, 1.82) is 0 Å². The zero-order valence-electron chi connectivity index (χ0n) is 16.6. The van der Waals surface area contributed by atoms with E-state index in [4.69, 9.17) is 4.74 Å². The molecule has 1 aliphatic rings. The number of piperazine rings is 1. The molecule has 2 N–H and O–H groups in total. The van der Waals surface area contributed by atoms with Gasteiger partial charge in [-0.2, -0.15) is 0 Å². The molecule has 2 rings (SSSR count). The van der Waals surface area contributed by atoms with E-state index in [0.717, 1.165) is 71.2 Å². The molecule has 6 heteroatoms. The van der Waals surface area contributed by atoms with Gasteiger partial charge in [0.25, 0.3) is 0 Å². The van der Waals surface area contributed by atoms with Gasteiger partial charge < -0.3 is 20.3 Å². The number of aryl methyl sites for hydroxylation is 1. The molecule has 1 saturated heterocycles. The molecule has 1 aromatic rings. The highest BCUT2D eigenvalue weighted by Gasteiger charge is 2.16. The van der Waals surface area contributed by atoms with E-state index < -0.39 is 0 Å². The number of anilines is 1. The maximum atomic E-state index is 5.06. The Hall–Kier alpha value is -1.79. The summed E-state index contributed by atoms with van der Waals surface area (Å²) in [5, 5.41) is 6.70. The summed E-state index contributed by atoms with van der Waals surface area (Å²) in [5.74, 6) is 0.880. The lowest BCUT2D eigenvalue weighted by Gasteiger charge is -2.36. The lowest BCUT2D eigenvalue weighted by molar-refractivity contribution is 0.195.